The van der Waals surface area contributed by atoms with Crippen molar-refractivity contribution in [2.75, 3.05) is 13.2 Å². The largest absolute Gasteiger partial charge is 0.326 e. The fourth-order valence-corrected chi connectivity index (χ4v) is 7.82. The van der Waals surface area contributed by atoms with Gasteiger partial charge in [0.15, 0.2) is 12.3 Å². The van der Waals surface area contributed by atoms with Gasteiger partial charge in [-0.25, -0.2) is 7.94 Å². The molecule has 0 aromatic heterocycles. The molecule has 0 aliphatic carbocycles. The molecule has 136 valence electrons. The van der Waals surface area contributed by atoms with Crippen LogP contribution < -0.4 is 10.6 Å². The number of rotatable bonds is 10. The second-order valence-corrected chi connectivity index (χ2v) is 12.5. The predicted molar refractivity (Wildman–Crippen MR) is 114 cm³/mol. The summed E-state index contributed by atoms with van der Waals surface area (Å²) in [6.07, 6.45) is 0. The van der Waals surface area contributed by atoms with Crippen molar-refractivity contribution in [2.24, 2.45) is 0 Å². The van der Waals surface area contributed by atoms with Gasteiger partial charge < -0.3 is 9.05 Å². The van der Waals surface area contributed by atoms with Crippen LogP contribution in [-0.4, -0.2) is 13.2 Å². The Morgan fingerprint density at radius 2 is 1.08 bits per heavy atom. The molecule has 0 heterocycles. The summed E-state index contributed by atoms with van der Waals surface area (Å²) >= 11 is 12.1. The minimum absolute atomic E-state index is 0.449. The first kappa shape index (κ1) is 21.2. The topological polar surface area (TPSA) is 36.9 Å². The van der Waals surface area contributed by atoms with E-state index in [1.165, 1.54) is 0 Å². The quantitative estimate of drug-likeness (QED) is 0.388. The monoisotopic (exact) mass is 434 g/mol. The van der Waals surface area contributed by atoms with E-state index in [0.29, 0.717) is 13.2 Å². The van der Waals surface area contributed by atoms with Crippen molar-refractivity contribution >= 4 is 59.5 Å². The van der Waals surface area contributed by atoms with E-state index >= 15 is 0 Å². The minimum Gasteiger partial charge on any atom is -0.326 e. The van der Waals surface area contributed by atoms with E-state index in [1.54, 1.807) is 0 Å². The zero-order valence-corrected chi connectivity index (χ0v) is 18.2. The van der Waals surface area contributed by atoms with Crippen molar-refractivity contribution in [3.8, 4) is 0 Å². The lowest BCUT2D eigenvalue weighted by Gasteiger charge is -2.23. The Labute approximate surface area is 164 Å². The van der Waals surface area contributed by atoms with Crippen LogP contribution in [0, 0.1) is 0 Å². The SMILES string of the molecule is CCOP(=S)(OSOP(=S)(OCC)c1ccccc1)c1ccccc1. The molecule has 2 atom stereocenters. The highest BCUT2D eigenvalue weighted by atomic mass is 32.5. The minimum atomic E-state index is -2.68. The van der Waals surface area contributed by atoms with Gasteiger partial charge in [0.2, 0.25) is 13.0 Å². The van der Waals surface area contributed by atoms with Crippen LogP contribution in [0.15, 0.2) is 60.7 Å². The Morgan fingerprint density at radius 3 is 1.40 bits per heavy atom. The number of hydrogen-bond donors (Lipinski definition) is 0. The van der Waals surface area contributed by atoms with Crippen LogP contribution in [0.2, 0.25) is 0 Å². The maximum absolute atomic E-state index is 5.80. The van der Waals surface area contributed by atoms with Crippen LogP contribution >= 0.6 is 25.3 Å². The van der Waals surface area contributed by atoms with Gasteiger partial charge in [0.05, 0.1) is 13.2 Å². The van der Waals surface area contributed by atoms with Crippen LogP contribution in [0.3, 0.4) is 0 Å². The van der Waals surface area contributed by atoms with Gasteiger partial charge in [-0.2, -0.15) is 0 Å². The van der Waals surface area contributed by atoms with Crippen molar-refractivity contribution in [1.82, 2.24) is 0 Å². The van der Waals surface area contributed by atoms with Gasteiger partial charge in [0.25, 0.3) is 0 Å². The Bertz CT molecular complexity index is 680. The highest BCUT2D eigenvalue weighted by molar-refractivity contribution is 8.20. The third-order valence-corrected chi connectivity index (χ3v) is 11.1. The summed E-state index contributed by atoms with van der Waals surface area (Å²) in [5.41, 5.74) is 0. The van der Waals surface area contributed by atoms with Crippen LogP contribution in [0.4, 0.5) is 0 Å². The number of benzene rings is 2. The summed E-state index contributed by atoms with van der Waals surface area (Å²) in [5.74, 6) is 0. The molecule has 0 spiro atoms. The normalized spacial score (nSPS) is 16.1. The van der Waals surface area contributed by atoms with Crippen molar-refractivity contribution in [2.45, 2.75) is 13.8 Å². The molecule has 2 unspecified atom stereocenters. The van der Waals surface area contributed by atoms with Gasteiger partial charge in [0.1, 0.15) is 0 Å². The molecule has 0 aliphatic rings. The molecule has 0 aliphatic heterocycles. The van der Waals surface area contributed by atoms with E-state index in [9.17, 15) is 0 Å². The molecule has 0 bridgehead atoms. The van der Waals surface area contributed by atoms with Crippen LogP contribution in [0.1, 0.15) is 13.8 Å². The van der Waals surface area contributed by atoms with Crippen molar-refractivity contribution in [3.05, 3.63) is 60.7 Å². The zero-order chi connectivity index (χ0) is 18.2. The summed E-state index contributed by atoms with van der Waals surface area (Å²) in [4.78, 5) is 0. The van der Waals surface area contributed by atoms with Crippen LogP contribution in [0.25, 0.3) is 0 Å². The molecule has 2 aromatic carbocycles. The highest BCUT2D eigenvalue weighted by Gasteiger charge is 2.27. The van der Waals surface area contributed by atoms with Crippen molar-refractivity contribution in [3.63, 3.8) is 0 Å². The Balaban J connectivity index is 2.12. The molecule has 0 fully saturated rings. The maximum Gasteiger partial charge on any atom is 0.233 e. The van der Waals surface area contributed by atoms with Crippen molar-refractivity contribution in [1.29, 1.82) is 0 Å². The fraction of sp³-hybridized carbons (Fsp3) is 0.250. The molecule has 2 rings (SSSR count). The van der Waals surface area contributed by atoms with E-state index in [-0.39, 0.29) is 0 Å². The molecular weight excluding hydrogens is 414 g/mol. The smallest absolute Gasteiger partial charge is 0.233 e. The second-order valence-electron chi connectivity index (χ2n) is 4.72. The van der Waals surface area contributed by atoms with Crippen LogP contribution in [0.5, 0.6) is 0 Å². The van der Waals surface area contributed by atoms with E-state index in [0.717, 1.165) is 22.9 Å². The fourth-order valence-electron chi connectivity index (χ4n) is 1.93. The lowest BCUT2D eigenvalue weighted by Crippen LogP contribution is -2.09. The molecule has 0 N–H and O–H groups in total. The second kappa shape index (κ2) is 10.3. The Hall–Kier alpha value is -0.0700. The molecular formula is C16H20O4P2S3. The van der Waals surface area contributed by atoms with E-state index in [2.05, 4.69) is 0 Å². The van der Waals surface area contributed by atoms with E-state index < -0.39 is 13.0 Å². The Morgan fingerprint density at radius 1 is 0.720 bits per heavy atom. The molecule has 2 aromatic rings. The van der Waals surface area contributed by atoms with Crippen molar-refractivity contribution < 1.29 is 17.0 Å². The van der Waals surface area contributed by atoms with Gasteiger partial charge in [-0.1, -0.05) is 36.4 Å². The first-order valence-electron chi connectivity index (χ1n) is 7.69. The molecule has 4 nitrogen and oxygen atoms in total. The van der Waals surface area contributed by atoms with E-state index in [4.69, 9.17) is 40.6 Å². The summed E-state index contributed by atoms with van der Waals surface area (Å²) in [5, 5.41) is 1.65. The molecule has 9 heteroatoms. The summed E-state index contributed by atoms with van der Waals surface area (Å²) in [6.45, 7) is -0.699. The lowest BCUT2D eigenvalue weighted by molar-refractivity contribution is 0.333. The summed E-state index contributed by atoms with van der Waals surface area (Å²) in [6, 6.07) is 19.0. The average Bonchev–Trinajstić information content (AvgIpc) is 2.64. The van der Waals surface area contributed by atoms with Crippen LogP contribution in [-0.2, 0) is 40.6 Å². The van der Waals surface area contributed by atoms with Gasteiger partial charge in [-0.3, -0.25) is 0 Å². The molecule has 0 saturated heterocycles. The summed E-state index contributed by atoms with van der Waals surface area (Å²) < 4.78 is 23.1. The van der Waals surface area contributed by atoms with Gasteiger partial charge in [-0.05, 0) is 61.7 Å². The van der Waals surface area contributed by atoms with E-state index in [1.807, 2.05) is 74.5 Å². The predicted octanol–water partition coefficient (Wildman–Crippen LogP) is 4.93. The first-order chi connectivity index (χ1) is 12.0. The Kier molecular flexibility index (Phi) is 8.76. The zero-order valence-electron chi connectivity index (χ0n) is 13.9. The third-order valence-electron chi connectivity index (χ3n) is 3.00. The van der Waals surface area contributed by atoms with Gasteiger partial charge >= 0.3 is 0 Å². The molecule has 0 radical (unpaired) electrons. The molecule has 0 amide bonds. The maximum atomic E-state index is 5.80. The van der Waals surface area contributed by atoms with Gasteiger partial charge in [0, 0.05) is 10.6 Å². The summed E-state index contributed by atoms with van der Waals surface area (Å²) in [7, 11) is 0. The average molecular weight is 434 g/mol. The first-order valence-corrected chi connectivity index (χ1v) is 13.6. The third kappa shape index (κ3) is 5.96. The highest BCUT2D eigenvalue weighted by Crippen LogP contribution is 2.57. The number of hydrogen-bond acceptors (Lipinski definition) is 7. The standard InChI is InChI=1S/C16H20O4P2S3/c1-3-17-21(23,15-11-7-5-8-12-15)19-25-20-22(24,18-4-2)16-13-9-6-10-14-16/h5-14H,3-4H2,1-2H3. The van der Waals surface area contributed by atoms with Gasteiger partial charge in [-0.15, -0.1) is 0 Å². The lowest BCUT2D eigenvalue weighted by atomic mass is 10.4. The molecule has 0 saturated carbocycles. The molecule has 25 heavy (non-hydrogen) atoms.